The van der Waals surface area contributed by atoms with E-state index in [0.717, 1.165) is 17.7 Å². The summed E-state index contributed by atoms with van der Waals surface area (Å²) in [5.41, 5.74) is 1.19. The Morgan fingerprint density at radius 1 is 1.28 bits per heavy atom. The topological polar surface area (TPSA) is 17.8 Å². The number of halogens is 1. The first-order valence-corrected chi connectivity index (χ1v) is 7.59. The molecule has 1 atom stereocenters. The molecule has 0 aliphatic rings. The summed E-state index contributed by atoms with van der Waals surface area (Å²) in [4.78, 5) is 4.48. The molecule has 0 saturated heterocycles. The Labute approximate surface area is 117 Å². The highest BCUT2D eigenvalue weighted by Gasteiger charge is 2.11. The maximum atomic E-state index is 4.48. The van der Waals surface area contributed by atoms with Crippen LogP contribution in [0.5, 0.6) is 0 Å². The maximum Gasteiger partial charge on any atom is 0.139 e. The van der Waals surface area contributed by atoms with Crippen molar-refractivity contribution in [2.75, 3.05) is 5.33 Å². The van der Waals surface area contributed by atoms with Crippen LogP contribution in [0.1, 0.15) is 19.8 Å². The van der Waals surface area contributed by atoms with Gasteiger partial charge in [-0.2, -0.15) is 0 Å². The van der Waals surface area contributed by atoms with E-state index < -0.39 is 0 Å². The Kier molecular flexibility index (Phi) is 5.00. The van der Waals surface area contributed by atoms with E-state index in [1.165, 1.54) is 18.4 Å². The summed E-state index contributed by atoms with van der Waals surface area (Å²) in [6.07, 6.45) is 6.44. The average Bonchev–Trinajstić information content (AvgIpc) is 2.87. The lowest BCUT2D eigenvalue weighted by atomic mass is 10.1. The highest BCUT2D eigenvalue weighted by molar-refractivity contribution is 9.09. The van der Waals surface area contributed by atoms with Gasteiger partial charge in [0.25, 0.3) is 0 Å². The molecule has 96 valence electrons. The first-order valence-electron chi connectivity index (χ1n) is 6.47. The van der Waals surface area contributed by atoms with Crippen LogP contribution in [0.25, 0.3) is 11.4 Å². The molecule has 1 aromatic heterocycles. The van der Waals surface area contributed by atoms with Crippen LogP contribution in [0.3, 0.4) is 0 Å². The number of aromatic nitrogens is 2. The number of hydrogen-bond acceptors (Lipinski definition) is 1. The van der Waals surface area contributed by atoms with Gasteiger partial charge in [0.1, 0.15) is 5.82 Å². The molecule has 2 aromatic rings. The van der Waals surface area contributed by atoms with Crippen LogP contribution in [0.4, 0.5) is 0 Å². The lowest BCUT2D eigenvalue weighted by molar-refractivity contribution is 0.457. The molecule has 0 aliphatic heterocycles. The summed E-state index contributed by atoms with van der Waals surface area (Å²) < 4.78 is 2.26. The number of imidazole rings is 1. The van der Waals surface area contributed by atoms with Crippen molar-refractivity contribution in [2.45, 2.75) is 26.3 Å². The van der Waals surface area contributed by atoms with Crippen molar-refractivity contribution in [1.29, 1.82) is 0 Å². The molecule has 1 unspecified atom stereocenters. The van der Waals surface area contributed by atoms with Crippen molar-refractivity contribution in [3.8, 4) is 11.4 Å². The molecule has 0 bridgehead atoms. The minimum absolute atomic E-state index is 0.673. The maximum absolute atomic E-state index is 4.48. The summed E-state index contributed by atoms with van der Waals surface area (Å²) in [5, 5.41) is 1.05. The normalized spacial score (nSPS) is 12.6. The molecule has 18 heavy (non-hydrogen) atoms. The smallest absolute Gasteiger partial charge is 0.139 e. The van der Waals surface area contributed by atoms with Gasteiger partial charge in [-0.1, -0.05) is 59.6 Å². The molecule has 0 radical (unpaired) electrons. The van der Waals surface area contributed by atoms with E-state index in [1.54, 1.807) is 0 Å². The third-order valence-corrected chi connectivity index (χ3v) is 4.03. The summed E-state index contributed by atoms with van der Waals surface area (Å²) in [5.74, 6) is 1.74. The molecular formula is C15H19BrN2. The lowest BCUT2D eigenvalue weighted by Gasteiger charge is -2.15. The number of hydrogen-bond donors (Lipinski definition) is 0. The van der Waals surface area contributed by atoms with Gasteiger partial charge in [-0.25, -0.2) is 4.98 Å². The van der Waals surface area contributed by atoms with Crippen LogP contribution < -0.4 is 0 Å². The van der Waals surface area contributed by atoms with Crippen LogP contribution >= 0.6 is 15.9 Å². The number of rotatable bonds is 6. The minimum Gasteiger partial charge on any atom is -0.331 e. The predicted molar refractivity (Wildman–Crippen MR) is 79.9 cm³/mol. The van der Waals surface area contributed by atoms with E-state index in [-0.39, 0.29) is 0 Å². The Bertz CT molecular complexity index is 464. The fourth-order valence-electron chi connectivity index (χ4n) is 2.21. The quantitative estimate of drug-likeness (QED) is 0.725. The second-order valence-corrected chi connectivity index (χ2v) is 5.23. The van der Waals surface area contributed by atoms with Crippen molar-refractivity contribution < 1.29 is 0 Å². The standard InChI is InChI=1S/C15H19BrN2/c1-2-6-13(11-16)12-18-10-9-17-15(18)14-7-4-3-5-8-14/h3-5,7-10,13H,2,6,11-12H2,1H3. The van der Waals surface area contributed by atoms with E-state index in [1.807, 2.05) is 12.3 Å². The van der Waals surface area contributed by atoms with Gasteiger partial charge in [0.05, 0.1) is 0 Å². The second kappa shape index (κ2) is 6.74. The first-order chi connectivity index (χ1) is 8.85. The lowest BCUT2D eigenvalue weighted by Crippen LogP contribution is -2.12. The molecule has 3 heteroatoms. The van der Waals surface area contributed by atoms with Gasteiger partial charge in [-0.15, -0.1) is 0 Å². The van der Waals surface area contributed by atoms with E-state index in [2.05, 4.69) is 62.9 Å². The van der Waals surface area contributed by atoms with Gasteiger partial charge < -0.3 is 4.57 Å². The van der Waals surface area contributed by atoms with E-state index >= 15 is 0 Å². The Morgan fingerprint density at radius 3 is 2.72 bits per heavy atom. The number of nitrogens with zero attached hydrogens (tertiary/aromatic N) is 2. The average molecular weight is 307 g/mol. The first kappa shape index (κ1) is 13.3. The van der Waals surface area contributed by atoms with Gasteiger partial charge in [-0.3, -0.25) is 0 Å². The van der Waals surface area contributed by atoms with Crippen molar-refractivity contribution in [2.24, 2.45) is 5.92 Å². The van der Waals surface area contributed by atoms with Crippen molar-refractivity contribution in [3.05, 3.63) is 42.7 Å². The summed E-state index contributed by atoms with van der Waals surface area (Å²) in [6.45, 7) is 3.27. The molecule has 1 aromatic carbocycles. The van der Waals surface area contributed by atoms with Crippen molar-refractivity contribution in [1.82, 2.24) is 9.55 Å². The molecular weight excluding hydrogens is 288 g/mol. The molecule has 2 nitrogen and oxygen atoms in total. The molecule has 0 saturated carbocycles. The van der Waals surface area contributed by atoms with Crippen LogP contribution in [0, 0.1) is 5.92 Å². The fraction of sp³-hybridized carbons (Fsp3) is 0.400. The molecule has 0 fully saturated rings. The van der Waals surface area contributed by atoms with Gasteiger partial charge >= 0.3 is 0 Å². The highest BCUT2D eigenvalue weighted by atomic mass is 79.9. The van der Waals surface area contributed by atoms with Crippen molar-refractivity contribution >= 4 is 15.9 Å². The Morgan fingerprint density at radius 2 is 2.06 bits per heavy atom. The molecule has 2 rings (SSSR count). The second-order valence-electron chi connectivity index (χ2n) is 4.58. The van der Waals surface area contributed by atoms with E-state index in [9.17, 15) is 0 Å². The summed E-state index contributed by atoms with van der Waals surface area (Å²) in [6, 6.07) is 10.4. The zero-order valence-corrected chi connectivity index (χ0v) is 12.3. The monoisotopic (exact) mass is 306 g/mol. The number of alkyl halides is 1. The van der Waals surface area contributed by atoms with Crippen molar-refractivity contribution in [3.63, 3.8) is 0 Å². The Hall–Kier alpha value is -1.09. The largest absolute Gasteiger partial charge is 0.331 e. The molecule has 0 N–H and O–H groups in total. The zero-order chi connectivity index (χ0) is 12.8. The molecule has 0 amide bonds. The molecule has 1 heterocycles. The highest BCUT2D eigenvalue weighted by Crippen LogP contribution is 2.20. The third kappa shape index (κ3) is 3.22. The summed E-state index contributed by atoms with van der Waals surface area (Å²) in [7, 11) is 0. The van der Waals surface area contributed by atoms with E-state index in [4.69, 9.17) is 0 Å². The minimum atomic E-state index is 0.673. The van der Waals surface area contributed by atoms with Crippen LogP contribution in [0.15, 0.2) is 42.7 Å². The zero-order valence-electron chi connectivity index (χ0n) is 10.7. The van der Waals surface area contributed by atoms with Crippen LogP contribution in [0.2, 0.25) is 0 Å². The molecule has 0 spiro atoms. The van der Waals surface area contributed by atoms with Gasteiger partial charge in [0, 0.05) is 29.8 Å². The van der Waals surface area contributed by atoms with Gasteiger partial charge in [0.15, 0.2) is 0 Å². The predicted octanol–water partition coefficient (Wildman–Crippen LogP) is 4.36. The van der Waals surface area contributed by atoms with Crippen LogP contribution in [-0.2, 0) is 6.54 Å². The van der Waals surface area contributed by atoms with E-state index in [0.29, 0.717) is 5.92 Å². The van der Waals surface area contributed by atoms with Gasteiger partial charge in [-0.05, 0) is 12.3 Å². The molecule has 0 aliphatic carbocycles. The van der Waals surface area contributed by atoms with Crippen LogP contribution in [-0.4, -0.2) is 14.9 Å². The SMILES string of the molecule is CCCC(CBr)Cn1ccnc1-c1ccccc1. The Balaban J connectivity index is 2.18. The third-order valence-electron chi connectivity index (χ3n) is 3.12. The fourth-order valence-corrected chi connectivity index (χ4v) is 2.74. The van der Waals surface area contributed by atoms with Gasteiger partial charge in [0.2, 0.25) is 0 Å². The summed E-state index contributed by atoms with van der Waals surface area (Å²) >= 11 is 3.61. The number of benzene rings is 1.